The summed E-state index contributed by atoms with van der Waals surface area (Å²) >= 11 is 3.12. The molecule has 0 atom stereocenters. The summed E-state index contributed by atoms with van der Waals surface area (Å²) in [7, 11) is 0. The summed E-state index contributed by atoms with van der Waals surface area (Å²) in [5.41, 5.74) is 1.17. The molecular weight excluding hydrogens is 426 g/mol. The number of fused-ring (bicyclic) bond motifs is 1. The van der Waals surface area contributed by atoms with Crippen molar-refractivity contribution < 1.29 is 27.6 Å². The van der Waals surface area contributed by atoms with Crippen molar-refractivity contribution in [3.8, 4) is 0 Å². The van der Waals surface area contributed by atoms with Crippen LogP contribution in [0.3, 0.4) is 0 Å². The zero-order chi connectivity index (χ0) is 22.1. The Bertz CT molecular complexity index is 1110. The minimum atomic E-state index is -2.82. The van der Waals surface area contributed by atoms with E-state index in [0.717, 1.165) is 12.1 Å². The lowest BCUT2D eigenvalue weighted by atomic mass is 10.2. The van der Waals surface area contributed by atoms with Crippen molar-refractivity contribution in [1.82, 2.24) is 15.0 Å². The van der Waals surface area contributed by atoms with Crippen LogP contribution in [0.15, 0.2) is 34.8 Å². The van der Waals surface area contributed by atoms with Gasteiger partial charge in [-0.3, -0.25) is 9.63 Å². The number of aryl methyl sites for hydroxylation is 1. The molecule has 2 aromatic carbocycles. The van der Waals surface area contributed by atoms with Crippen molar-refractivity contribution in [2.45, 2.75) is 0 Å². The van der Waals surface area contributed by atoms with Gasteiger partial charge in [0, 0.05) is 21.1 Å². The van der Waals surface area contributed by atoms with Gasteiger partial charge < -0.3 is 15.0 Å². The maximum Gasteiger partial charge on any atom is 0.275 e. The summed E-state index contributed by atoms with van der Waals surface area (Å²) in [5.74, 6) is -2.83. The Morgan fingerprint density at radius 2 is 2.19 bits per heavy atom. The number of hydroxylamine groups is 1. The van der Waals surface area contributed by atoms with Crippen LogP contribution in [0.25, 0.3) is 11.0 Å². The van der Waals surface area contributed by atoms with Crippen molar-refractivity contribution in [3.05, 3.63) is 52.0 Å². The van der Waals surface area contributed by atoms with Crippen LogP contribution in [0.4, 0.5) is 20.4 Å². The Balaban J connectivity index is 2.10. The van der Waals surface area contributed by atoms with Crippen LogP contribution in [-0.2, 0) is 11.8 Å². The Morgan fingerprint density at radius 3 is 2.89 bits per heavy atom. The third kappa shape index (κ3) is 4.07. The fraction of sp³-hybridized carbons (Fsp3) is 0.176. The number of aliphatic hydroxyl groups excluding tert-OH is 1. The fourth-order valence-corrected chi connectivity index (χ4v) is 2.62. The van der Waals surface area contributed by atoms with Gasteiger partial charge in [-0.25, -0.2) is 19.2 Å². The Labute approximate surface area is 165 Å². The number of aromatic nitrogens is 2. The Hall–Kier alpha value is -2.56. The fourth-order valence-electron chi connectivity index (χ4n) is 2.28. The van der Waals surface area contributed by atoms with Gasteiger partial charge in [0.2, 0.25) is 5.95 Å². The van der Waals surface area contributed by atoms with Crippen molar-refractivity contribution in [3.63, 3.8) is 0 Å². The van der Waals surface area contributed by atoms with Gasteiger partial charge in [0.25, 0.3) is 5.91 Å². The van der Waals surface area contributed by atoms with Crippen molar-refractivity contribution in [2.75, 3.05) is 18.5 Å². The van der Waals surface area contributed by atoms with Gasteiger partial charge >= 0.3 is 0 Å². The van der Waals surface area contributed by atoms with E-state index in [1.807, 2.05) is 5.48 Å². The van der Waals surface area contributed by atoms with E-state index < -0.39 is 24.5 Å². The first-order chi connectivity index (χ1) is 14.1. The topological polar surface area (TPSA) is 88.4 Å². The van der Waals surface area contributed by atoms with E-state index in [-0.39, 0.29) is 41.4 Å². The molecule has 27 heavy (non-hydrogen) atoms. The number of nitrogens with zero attached hydrogens (tertiary/aromatic N) is 2. The van der Waals surface area contributed by atoms with E-state index in [0.29, 0.717) is 9.04 Å². The van der Waals surface area contributed by atoms with E-state index in [4.69, 9.17) is 14.1 Å². The summed E-state index contributed by atoms with van der Waals surface area (Å²) in [6.45, 7) is -3.35. The minimum absolute atomic E-state index is 0.0743. The van der Waals surface area contributed by atoms with Gasteiger partial charge in [-0.05, 0) is 30.3 Å². The molecule has 0 saturated carbocycles. The number of imidazole rings is 1. The van der Waals surface area contributed by atoms with Crippen LogP contribution < -0.4 is 10.8 Å². The lowest BCUT2D eigenvalue weighted by Gasteiger charge is -2.08. The highest BCUT2D eigenvalue weighted by Gasteiger charge is 2.17. The predicted molar refractivity (Wildman–Crippen MR) is 98.6 cm³/mol. The second-order valence-electron chi connectivity index (χ2n) is 5.35. The molecule has 10 heteroatoms. The number of benzene rings is 2. The number of anilines is 2. The second kappa shape index (κ2) is 7.99. The van der Waals surface area contributed by atoms with Gasteiger partial charge in [-0.2, -0.15) is 0 Å². The highest BCUT2D eigenvalue weighted by molar-refractivity contribution is 9.10. The zero-order valence-electron chi connectivity index (χ0n) is 16.6. The smallest absolute Gasteiger partial charge is 0.275 e. The highest BCUT2D eigenvalue weighted by Crippen LogP contribution is 2.27. The Morgan fingerprint density at radius 1 is 1.37 bits per heavy atom. The molecule has 0 aliphatic carbocycles. The minimum Gasteiger partial charge on any atom is -0.394 e. The maximum atomic E-state index is 14.6. The summed E-state index contributed by atoms with van der Waals surface area (Å²) in [6.07, 6.45) is 0. The number of halogens is 3. The maximum absolute atomic E-state index is 14.6. The first kappa shape index (κ1) is 15.5. The largest absolute Gasteiger partial charge is 0.394 e. The number of amides is 1. The van der Waals surface area contributed by atoms with E-state index in [1.165, 1.54) is 18.2 Å². The molecule has 1 amide bonds. The van der Waals surface area contributed by atoms with Crippen LogP contribution in [-0.4, -0.2) is 33.8 Å². The first-order valence-corrected chi connectivity index (χ1v) is 8.38. The first-order valence-electron chi connectivity index (χ1n) is 9.09. The molecule has 142 valence electrons. The molecule has 1 aromatic heterocycles. The number of carbonyl (C=O) groups is 1. The molecule has 3 aromatic rings. The number of nitrogens with one attached hydrogen (secondary N) is 2. The third-order valence-corrected chi connectivity index (χ3v) is 4.00. The molecule has 0 bridgehead atoms. The molecule has 0 fully saturated rings. The lowest BCUT2D eigenvalue weighted by molar-refractivity contribution is 0.0168. The number of hydrogen-bond donors (Lipinski definition) is 3. The standard InChI is InChI=1S/C17H15BrF2N4O3/c1-24-14-7-9(16(26)23-27-5-4-25)6-12(20)15(14)22-17(24)21-13-3-2-10(18)8-11(13)19/h2-3,6-8,25H,4-5H2,1H3,(H,21,22)(H,23,26)/i1D3. The van der Waals surface area contributed by atoms with Crippen molar-refractivity contribution in [1.29, 1.82) is 0 Å². The van der Waals surface area contributed by atoms with Gasteiger partial charge in [0.1, 0.15) is 11.3 Å². The monoisotopic (exact) mass is 443 g/mol. The molecule has 0 radical (unpaired) electrons. The zero-order valence-corrected chi connectivity index (χ0v) is 15.2. The van der Waals surface area contributed by atoms with Crippen LogP contribution in [0, 0.1) is 11.6 Å². The van der Waals surface area contributed by atoms with Gasteiger partial charge in [-0.15, -0.1) is 0 Å². The molecule has 0 aliphatic heterocycles. The van der Waals surface area contributed by atoms with Crippen LogP contribution in [0.1, 0.15) is 14.5 Å². The molecule has 0 spiro atoms. The van der Waals surface area contributed by atoms with Crippen molar-refractivity contribution >= 4 is 44.5 Å². The Kier molecular flexibility index (Phi) is 4.58. The molecule has 0 unspecified atom stereocenters. The van der Waals surface area contributed by atoms with Crippen molar-refractivity contribution in [2.24, 2.45) is 6.98 Å². The van der Waals surface area contributed by atoms with Crippen LogP contribution in [0.5, 0.6) is 0 Å². The van der Waals surface area contributed by atoms with Crippen LogP contribution >= 0.6 is 15.9 Å². The number of hydrogen-bond acceptors (Lipinski definition) is 5. The molecule has 0 aliphatic rings. The van der Waals surface area contributed by atoms with E-state index >= 15 is 0 Å². The molecular formula is C17H15BrF2N4O3. The van der Waals surface area contributed by atoms with E-state index in [1.54, 1.807) is 0 Å². The van der Waals surface area contributed by atoms with E-state index in [2.05, 4.69) is 26.2 Å². The predicted octanol–water partition coefficient (Wildman–Crippen LogP) is 3.01. The average Bonchev–Trinajstić information content (AvgIpc) is 3.03. The van der Waals surface area contributed by atoms with Crippen LogP contribution in [0.2, 0.25) is 0 Å². The quantitative estimate of drug-likeness (QED) is 0.402. The highest BCUT2D eigenvalue weighted by atomic mass is 79.9. The molecule has 3 rings (SSSR count). The van der Waals surface area contributed by atoms with Gasteiger partial charge in [-0.1, -0.05) is 15.9 Å². The lowest BCUT2D eigenvalue weighted by Crippen LogP contribution is -2.25. The van der Waals surface area contributed by atoms with Gasteiger partial charge in [0.15, 0.2) is 5.82 Å². The molecule has 0 saturated heterocycles. The summed E-state index contributed by atoms with van der Waals surface area (Å²) in [4.78, 5) is 20.8. The third-order valence-electron chi connectivity index (χ3n) is 3.51. The summed E-state index contributed by atoms with van der Waals surface area (Å²) in [6, 6.07) is 6.04. The molecule has 3 N–H and O–H groups in total. The SMILES string of the molecule is [2H]C([2H])([2H])n1c(Nc2ccc(Br)cc2F)nc2c(F)cc(C(=O)NOCCO)cc21. The van der Waals surface area contributed by atoms with Gasteiger partial charge in [0.05, 0.1) is 24.4 Å². The summed E-state index contributed by atoms with van der Waals surface area (Å²) in [5, 5.41) is 11.2. The second-order valence-corrected chi connectivity index (χ2v) is 6.26. The number of aliphatic hydroxyl groups is 1. The average molecular weight is 444 g/mol. The number of rotatable bonds is 6. The molecule has 1 heterocycles. The molecule has 7 nitrogen and oxygen atoms in total. The van der Waals surface area contributed by atoms with E-state index in [9.17, 15) is 13.6 Å². The normalized spacial score (nSPS) is 13.1. The summed E-state index contributed by atoms with van der Waals surface area (Å²) < 4.78 is 53.3. The number of carbonyl (C=O) groups excluding carboxylic acids is 1.